The number of fused-ring (bicyclic) bond motifs is 1. The molecule has 19 heavy (non-hydrogen) atoms. The second-order valence-corrected chi connectivity index (χ2v) is 4.44. The van der Waals surface area contributed by atoms with Crippen LogP contribution in [0.25, 0.3) is 0 Å². The van der Waals surface area contributed by atoms with Gasteiger partial charge in [0.2, 0.25) is 0 Å². The van der Waals surface area contributed by atoms with Crippen LogP contribution in [0.2, 0.25) is 0 Å². The van der Waals surface area contributed by atoms with E-state index < -0.39 is 0 Å². The van der Waals surface area contributed by atoms with E-state index in [1.165, 1.54) is 13.3 Å². The standard InChI is InChI=1S/C12H15N5O2/c1-19-9-7-14-16-11(9)15-12(18)8-6-13-10-4-2-3-5-17(8)10/h6-7H,2-5H2,1H3,(H2,14,15,16,18). The van der Waals surface area contributed by atoms with Crippen LogP contribution >= 0.6 is 0 Å². The molecular weight excluding hydrogens is 246 g/mol. The number of amides is 1. The van der Waals surface area contributed by atoms with Gasteiger partial charge in [-0.25, -0.2) is 4.98 Å². The van der Waals surface area contributed by atoms with E-state index in [2.05, 4.69) is 20.5 Å². The van der Waals surface area contributed by atoms with E-state index in [0.29, 0.717) is 17.3 Å². The number of hydrogen-bond donors (Lipinski definition) is 2. The Morgan fingerprint density at radius 3 is 3.21 bits per heavy atom. The maximum Gasteiger partial charge on any atom is 0.275 e. The Bertz CT molecular complexity index is 601. The first kappa shape index (κ1) is 11.8. The number of hydrogen-bond acceptors (Lipinski definition) is 4. The molecule has 0 unspecified atom stereocenters. The number of rotatable bonds is 3. The number of nitrogens with one attached hydrogen (secondary N) is 2. The molecule has 3 rings (SSSR count). The van der Waals surface area contributed by atoms with Crippen LogP contribution in [-0.2, 0) is 13.0 Å². The molecule has 1 aliphatic heterocycles. The molecule has 0 aliphatic carbocycles. The molecule has 1 aliphatic rings. The van der Waals surface area contributed by atoms with Crippen molar-refractivity contribution in [2.75, 3.05) is 12.4 Å². The molecule has 0 bridgehead atoms. The summed E-state index contributed by atoms with van der Waals surface area (Å²) in [6.07, 6.45) is 6.28. The van der Waals surface area contributed by atoms with Crippen molar-refractivity contribution in [2.45, 2.75) is 25.8 Å². The van der Waals surface area contributed by atoms with Crippen molar-refractivity contribution in [3.05, 3.63) is 23.9 Å². The van der Waals surface area contributed by atoms with E-state index >= 15 is 0 Å². The van der Waals surface area contributed by atoms with Crippen LogP contribution in [0.15, 0.2) is 12.4 Å². The molecule has 2 N–H and O–H groups in total. The number of H-pyrrole nitrogens is 1. The van der Waals surface area contributed by atoms with Gasteiger partial charge in [-0.3, -0.25) is 9.89 Å². The lowest BCUT2D eigenvalue weighted by Crippen LogP contribution is -2.20. The first-order valence-corrected chi connectivity index (χ1v) is 6.22. The Kier molecular flexibility index (Phi) is 2.94. The van der Waals surface area contributed by atoms with E-state index in [-0.39, 0.29) is 5.91 Å². The topological polar surface area (TPSA) is 84.8 Å². The normalized spacial score (nSPS) is 13.9. The quantitative estimate of drug-likeness (QED) is 0.869. The van der Waals surface area contributed by atoms with E-state index in [1.807, 2.05) is 4.57 Å². The van der Waals surface area contributed by atoms with Crippen LogP contribution < -0.4 is 10.1 Å². The SMILES string of the molecule is COc1cn[nH]c1NC(=O)c1cnc2n1CCCC2. The van der Waals surface area contributed by atoms with Crippen LogP contribution in [-0.4, -0.2) is 32.8 Å². The fraction of sp³-hybridized carbons (Fsp3) is 0.417. The Balaban J connectivity index is 1.83. The maximum absolute atomic E-state index is 12.2. The molecule has 0 aromatic carbocycles. The van der Waals surface area contributed by atoms with Gasteiger partial charge in [-0.15, -0.1) is 0 Å². The third kappa shape index (κ3) is 2.07. The summed E-state index contributed by atoms with van der Waals surface area (Å²) in [5.74, 6) is 1.74. The molecule has 0 spiro atoms. The van der Waals surface area contributed by atoms with Crippen LogP contribution in [0.5, 0.6) is 5.75 Å². The zero-order chi connectivity index (χ0) is 13.2. The minimum absolute atomic E-state index is 0.205. The number of nitrogens with zero attached hydrogens (tertiary/aromatic N) is 3. The maximum atomic E-state index is 12.2. The second kappa shape index (κ2) is 4.75. The third-order valence-corrected chi connectivity index (χ3v) is 3.27. The Labute approximate surface area is 110 Å². The molecule has 0 fully saturated rings. The fourth-order valence-electron chi connectivity index (χ4n) is 2.29. The molecule has 1 amide bonds. The monoisotopic (exact) mass is 261 g/mol. The van der Waals surface area contributed by atoms with Gasteiger partial charge in [0.1, 0.15) is 11.5 Å². The number of aryl methyl sites for hydroxylation is 1. The minimum atomic E-state index is -0.205. The summed E-state index contributed by atoms with van der Waals surface area (Å²) in [5.41, 5.74) is 0.575. The molecular formula is C12H15N5O2. The number of imidazole rings is 1. The number of aromatic nitrogens is 4. The summed E-state index contributed by atoms with van der Waals surface area (Å²) in [6, 6.07) is 0. The first-order chi connectivity index (χ1) is 9.29. The summed E-state index contributed by atoms with van der Waals surface area (Å²) in [7, 11) is 1.53. The number of ether oxygens (including phenoxy) is 1. The van der Waals surface area contributed by atoms with Gasteiger partial charge in [0, 0.05) is 13.0 Å². The molecule has 2 aromatic heterocycles. The highest BCUT2D eigenvalue weighted by Gasteiger charge is 2.20. The number of carbonyl (C=O) groups is 1. The van der Waals surface area contributed by atoms with Crippen molar-refractivity contribution in [2.24, 2.45) is 0 Å². The fourth-order valence-corrected chi connectivity index (χ4v) is 2.29. The Morgan fingerprint density at radius 1 is 1.47 bits per heavy atom. The van der Waals surface area contributed by atoms with Gasteiger partial charge >= 0.3 is 0 Å². The summed E-state index contributed by atoms with van der Waals surface area (Å²) in [5, 5.41) is 9.27. The highest BCUT2D eigenvalue weighted by Crippen LogP contribution is 2.21. The lowest BCUT2D eigenvalue weighted by molar-refractivity contribution is 0.101. The number of carbonyl (C=O) groups excluding carboxylic acids is 1. The second-order valence-electron chi connectivity index (χ2n) is 4.44. The van der Waals surface area contributed by atoms with Gasteiger partial charge in [-0.2, -0.15) is 5.10 Å². The third-order valence-electron chi connectivity index (χ3n) is 3.27. The van der Waals surface area contributed by atoms with Crippen molar-refractivity contribution < 1.29 is 9.53 Å². The predicted molar refractivity (Wildman–Crippen MR) is 68.3 cm³/mol. The van der Waals surface area contributed by atoms with E-state index in [1.54, 1.807) is 6.20 Å². The van der Waals surface area contributed by atoms with Crippen molar-refractivity contribution in [1.82, 2.24) is 19.7 Å². The summed E-state index contributed by atoms with van der Waals surface area (Å²) in [4.78, 5) is 16.5. The van der Waals surface area contributed by atoms with Gasteiger partial charge in [-0.05, 0) is 12.8 Å². The van der Waals surface area contributed by atoms with Gasteiger partial charge in [0.25, 0.3) is 5.91 Å². The van der Waals surface area contributed by atoms with Crippen molar-refractivity contribution in [3.8, 4) is 5.75 Å². The molecule has 3 heterocycles. The highest BCUT2D eigenvalue weighted by atomic mass is 16.5. The predicted octanol–water partition coefficient (Wildman–Crippen LogP) is 1.20. The molecule has 0 saturated heterocycles. The molecule has 0 saturated carbocycles. The Hall–Kier alpha value is -2.31. The molecule has 2 aromatic rings. The summed E-state index contributed by atoms with van der Waals surface area (Å²) < 4.78 is 7.06. The zero-order valence-corrected chi connectivity index (χ0v) is 10.6. The van der Waals surface area contributed by atoms with Crippen LogP contribution in [0.1, 0.15) is 29.2 Å². The largest absolute Gasteiger partial charge is 0.491 e. The van der Waals surface area contributed by atoms with E-state index in [0.717, 1.165) is 31.6 Å². The highest BCUT2D eigenvalue weighted by molar-refractivity contribution is 6.03. The average molecular weight is 261 g/mol. The van der Waals surface area contributed by atoms with Crippen LogP contribution in [0.3, 0.4) is 0 Å². The van der Waals surface area contributed by atoms with Crippen LogP contribution in [0.4, 0.5) is 5.82 Å². The molecule has 100 valence electrons. The van der Waals surface area contributed by atoms with Crippen molar-refractivity contribution in [3.63, 3.8) is 0 Å². The first-order valence-electron chi connectivity index (χ1n) is 6.22. The number of anilines is 1. The smallest absolute Gasteiger partial charge is 0.275 e. The van der Waals surface area contributed by atoms with Gasteiger partial charge in [0.15, 0.2) is 11.6 Å². The van der Waals surface area contributed by atoms with Crippen molar-refractivity contribution >= 4 is 11.7 Å². The number of aromatic amines is 1. The van der Waals surface area contributed by atoms with E-state index in [4.69, 9.17) is 4.74 Å². The molecule has 0 atom stereocenters. The van der Waals surface area contributed by atoms with Gasteiger partial charge in [-0.1, -0.05) is 0 Å². The lowest BCUT2D eigenvalue weighted by Gasteiger charge is -2.15. The van der Waals surface area contributed by atoms with Gasteiger partial charge < -0.3 is 14.6 Å². The minimum Gasteiger partial charge on any atom is -0.491 e. The Morgan fingerprint density at radius 2 is 2.37 bits per heavy atom. The van der Waals surface area contributed by atoms with Crippen LogP contribution in [0, 0.1) is 0 Å². The average Bonchev–Trinajstić information content (AvgIpc) is 3.04. The molecule has 7 heteroatoms. The van der Waals surface area contributed by atoms with Crippen molar-refractivity contribution in [1.29, 1.82) is 0 Å². The summed E-state index contributed by atoms with van der Waals surface area (Å²) >= 11 is 0. The van der Waals surface area contributed by atoms with E-state index in [9.17, 15) is 4.79 Å². The zero-order valence-electron chi connectivity index (χ0n) is 10.6. The van der Waals surface area contributed by atoms with Gasteiger partial charge in [0.05, 0.1) is 19.5 Å². The lowest BCUT2D eigenvalue weighted by atomic mass is 10.1. The molecule has 7 nitrogen and oxygen atoms in total. The molecule has 0 radical (unpaired) electrons. The summed E-state index contributed by atoms with van der Waals surface area (Å²) in [6.45, 7) is 0.845. The number of methoxy groups -OCH3 is 1.